The van der Waals surface area contributed by atoms with Gasteiger partial charge in [0.2, 0.25) is 0 Å². The Bertz CT molecular complexity index is 1660. The van der Waals surface area contributed by atoms with Crippen LogP contribution in [-0.2, 0) is 5.41 Å². The lowest BCUT2D eigenvalue weighted by molar-refractivity contribution is 0.0977. The first kappa shape index (κ1) is 29.2. The molecule has 42 heavy (non-hydrogen) atoms. The van der Waals surface area contributed by atoms with E-state index in [1.807, 2.05) is 35.2 Å². The molecule has 3 heterocycles. The molecule has 9 heteroatoms. The quantitative estimate of drug-likeness (QED) is 0.198. The number of halogens is 4. The molecule has 3 aromatic carbocycles. The number of piperidine rings is 1. The van der Waals surface area contributed by atoms with Crippen molar-refractivity contribution in [1.82, 2.24) is 9.88 Å². The third-order valence-electron chi connectivity index (χ3n) is 8.00. The zero-order valence-corrected chi connectivity index (χ0v) is 25.7. The van der Waals surface area contributed by atoms with Crippen LogP contribution in [0.5, 0.6) is 0 Å². The van der Waals surface area contributed by atoms with Crippen molar-refractivity contribution in [3.05, 3.63) is 123 Å². The molecule has 1 aromatic heterocycles. The zero-order valence-electron chi connectivity index (χ0n) is 22.6. The number of aromatic nitrogens is 1. The highest BCUT2D eigenvalue weighted by Crippen LogP contribution is 2.49. The highest BCUT2D eigenvalue weighted by molar-refractivity contribution is 7.99. The van der Waals surface area contributed by atoms with Crippen molar-refractivity contribution in [2.75, 3.05) is 31.1 Å². The molecule has 214 valence electrons. The van der Waals surface area contributed by atoms with Gasteiger partial charge in [0.1, 0.15) is 11.0 Å². The van der Waals surface area contributed by atoms with Crippen LogP contribution in [0.25, 0.3) is 6.08 Å². The van der Waals surface area contributed by atoms with Crippen LogP contribution < -0.4 is 4.90 Å². The molecule has 1 spiro atoms. The molecule has 4 nitrogen and oxygen atoms in total. The smallest absolute Gasteiger partial charge is 0.258 e. The number of likely N-dealkylation sites (tertiary alicyclic amines) is 1. The SMILES string of the molecule is O=C(c1ccnc(Cl)c1)N1CC2(CCN(CC=Cc3ccc(Cl)cc3Cl)CC2)c2cc(Sc3ccc(F)cc3)ccc21. The van der Waals surface area contributed by atoms with Gasteiger partial charge in [-0.25, -0.2) is 9.37 Å². The lowest BCUT2D eigenvalue weighted by Gasteiger charge is -2.39. The fourth-order valence-electron chi connectivity index (χ4n) is 5.78. The summed E-state index contributed by atoms with van der Waals surface area (Å²) in [6.45, 7) is 3.21. The molecule has 0 atom stereocenters. The second-order valence-electron chi connectivity index (χ2n) is 10.6. The Balaban J connectivity index is 1.24. The minimum Gasteiger partial charge on any atom is -0.307 e. The predicted octanol–water partition coefficient (Wildman–Crippen LogP) is 9.04. The number of fused-ring (bicyclic) bond motifs is 2. The monoisotopic (exact) mass is 637 g/mol. The molecule has 0 bridgehead atoms. The predicted molar refractivity (Wildman–Crippen MR) is 171 cm³/mol. The second-order valence-corrected chi connectivity index (χ2v) is 13.0. The van der Waals surface area contributed by atoms with Crippen LogP contribution in [0.15, 0.2) is 94.9 Å². The van der Waals surface area contributed by atoms with Crippen LogP contribution in [0.1, 0.15) is 34.3 Å². The first-order valence-electron chi connectivity index (χ1n) is 13.6. The van der Waals surface area contributed by atoms with Gasteiger partial charge in [0.25, 0.3) is 5.91 Å². The third kappa shape index (κ3) is 6.24. The first-order chi connectivity index (χ1) is 20.3. The van der Waals surface area contributed by atoms with Gasteiger partial charge in [-0.3, -0.25) is 9.69 Å². The Hall–Kier alpha value is -2.87. The van der Waals surface area contributed by atoms with Gasteiger partial charge < -0.3 is 4.90 Å². The molecule has 0 radical (unpaired) electrons. The van der Waals surface area contributed by atoms with Crippen molar-refractivity contribution in [2.24, 2.45) is 0 Å². The largest absolute Gasteiger partial charge is 0.307 e. The normalized spacial score (nSPS) is 16.3. The molecule has 1 fully saturated rings. The Morgan fingerprint density at radius 3 is 2.45 bits per heavy atom. The number of carbonyl (C=O) groups is 1. The number of amides is 1. The Labute approximate surface area is 264 Å². The van der Waals surface area contributed by atoms with Gasteiger partial charge in [-0.05, 0) is 104 Å². The number of nitrogens with zero attached hydrogens (tertiary/aromatic N) is 3. The molecule has 1 saturated heterocycles. The van der Waals surface area contributed by atoms with Crippen LogP contribution in [0, 0.1) is 5.82 Å². The van der Waals surface area contributed by atoms with Gasteiger partial charge >= 0.3 is 0 Å². The molecule has 0 saturated carbocycles. The van der Waals surface area contributed by atoms with E-state index in [0.29, 0.717) is 27.3 Å². The minimum atomic E-state index is -0.254. The van der Waals surface area contributed by atoms with Gasteiger partial charge in [-0.1, -0.05) is 64.8 Å². The highest BCUT2D eigenvalue weighted by atomic mass is 35.5. The highest BCUT2D eigenvalue weighted by Gasteiger charge is 2.46. The first-order valence-corrected chi connectivity index (χ1v) is 15.6. The average molecular weight is 639 g/mol. The maximum absolute atomic E-state index is 13.7. The summed E-state index contributed by atoms with van der Waals surface area (Å²) < 4.78 is 13.5. The number of carbonyl (C=O) groups excluding carboxylic acids is 1. The van der Waals surface area contributed by atoms with Gasteiger partial charge in [-0.15, -0.1) is 0 Å². The van der Waals surface area contributed by atoms with E-state index in [0.717, 1.165) is 53.5 Å². The van der Waals surface area contributed by atoms with Crippen molar-refractivity contribution in [2.45, 2.75) is 28.0 Å². The van der Waals surface area contributed by atoms with Crippen LogP contribution >= 0.6 is 46.6 Å². The molecule has 4 aromatic rings. The number of hydrogen-bond acceptors (Lipinski definition) is 4. The molecule has 2 aliphatic heterocycles. The zero-order chi connectivity index (χ0) is 29.3. The van der Waals surface area contributed by atoms with E-state index in [4.69, 9.17) is 34.8 Å². The maximum atomic E-state index is 13.7. The number of anilines is 1. The van der Waals surface area contributed by atoms with Crippen molar-refractivity contribution >= 4 is 64.2 Å². The Kier molecular flexibility index (Phi) is 8.62. The summed E-state index contributed by atoms with van der Waals surface area (Å²) in [7, 11) is 0. The summed E-state index contributed by atoms with van der Waals surface area (Å²) in [5, 5.41) is 1.55. The van der Waals surface area contributed by atoms with E-state index in [9.17, 15) is 9.18 Å². The summed E-state index contributed by atoms with van der Waals surface area (Å²) >= 11 is 20.1. The van der Waals surface area contributed by atoms with Crippen molar-refractivity contribution < 1.29 is 9.18 Å². The minimum absolute atomic E-state index is 0.0819. The van der Waals surface area contributed by atoms with Gasteiger partial charge in [0.05, 0.1) is 0 Å². The Morgan fingerprint density at radius 2 is 1.71 bits per heavy atom. The lowest BCUT2D eigenvalue weighted by atomic mass is 9.74. The fourth-order valence-corrected chi connectivity index (χ4v) is 7.28. The van der Waals surface area contributed by atoms with Gasteiger partial charge in [0.15, 0.2) is 0 Å². The summed E-state index contributed by atoms with van der Waals surface area (Å²) in [6, 6.07) is 21.7. The van der Waals surface area contributed by atoms with E-state index in [2.05, 4.69) is 22.0 Å². The molecule has 0 aliphatic carbocycles. The van der Waals surface area contributed by atoms with Crippen LogP contribution in [0.4, 0.5) is 10.1 Å². The number of hydrogen-bond donors (Lipinski definition) is 0. The van der Waals surface area contributed by atoms with Crippen LogP contribution in [0.3, 0.4) is 0 Å². The van der Waals surface area contributed by atoms with Gasteiger partial charge in [0, 0.05) is 55.8 Å². The molecule has 0 unspecified atom stereocenters. The fraction of sp³-hybridized carbons (Fsp3) is 0.212. The van der Waals surface area contributed by atoms with Crippen LogP contribution in [-0.4, -0.2) is 42.0 Å². The van der Waals surface area contributed by atoms with Crippen molar-refractivity contribution in [3.63, 3.8) is 0 Å². The average Bonchev–Trinajstić information content (AvgIpc) is 3.29. The van der Waals surface area contributed by atoms with E-state index in [1.54, 1.807) is 48.3 Å². The van der Waals surface area contributed by atoms with E-state index >= 15 is 0 Å². The lowest BCUT2D eigenvalue weighted by Crippen LogP contribution is -2.46. The maximum Gasteiger partial charge on any atom is 0.258 e. The summed E-state index contributed by atoms with van der Waals surface area (Å²) in [6.07, 6.45) is 7.57. The van der Waals surface area contributed by atoms with Crippen molar-refractivity contribution in [3.8, 4) is 0 Å². The topological polar surface area (TPSA) is 36.4 Å². The second kappa shape index (κ2) is 12.4. The standard InChI is InChI=1S/C33H27Cl3FN3OS/c34-24-4-3-22(29(35)19-24)2-1-15-39-16-12-33(13-17-39)21-40(32(41)23-11-14-38-31(36)18-23)30-10-9-27(20-28(30)33)42-26-7-5-25(37)6-8-26/h1-11,14,18-20H,12-13,15-17,21H2. The Morgan fingerprint density at radius 1 is 0.952 bits per heavy atom. The molecule has 1 amide bonds. The number of rotatable bonds is 6. The third-order valence-corrected chi connectivity index (χ3v) is 9.76. The molecular weight excluding hydrogens is 612 g/mol. The summed E-state index contributed by atoms with van der Waals surface area (Å²) in [5.41, 5.74) is 3.41. The number of pyridine rings is 1. The molecule has 0 N–H and O–H groups in total. The van der Waals surface area contributed by atoms with Crippen LogP contribution in [0.2, 0.25) is 15.2 Å². The van der Waals surface area contributed by atoms with Gasteiger partial charge in [-0.2, -0.15) is 0 Å². The summed E-state index contributed by atoms with van der Waals surface area (Å²) in [5.74, 6) is -0.336. The van der Waals surface area contributed by atoms with E-state index < -0.39 is 0 Å². The molecule has 2 aliphatic rings. The summed E-state index contributed by atoms with van der Waals surface area (Å²) in [4.78, 5) is 24.1. The number of benzene rings is 3. The van der Waals surface area contributed by atoms with E-state index in [1.165, 1.54) is 17.7 Å². The molecular formula is C33H27Cl3FN3OS. The van der Waals surface area contributed by atoms with Crippen molar-refractivity contribution in [1.29, 1.82) is 0 Å². The molecule has 6 rings (SSSR count). The van der Waals surface area contributed by atoms with E-state index in [-0.39, 0.29) is 17.1 Å².